The summed E-state index contributed by atoms with van der Waals surface area (Å²) in [4.78, 5) is 12.6. The van der Waals surface area contributed by atoms with Gasteiger partial charge in [-0.2, -0.15) is 4.31 Å². The van der Waals surface area contributed by atoms with Crippen LogP contribution in [0.2, 0.25) is 0 Å². The molecule has 1 aromatic carbocycles. The summed E-state index contributed by atoms with van der Waals surface area (Å²) in [6.07, 6.45) is 7.39. The summed E-state index contributed by atoms with van der Waals surface area (Å²) in [5, 5.41) is 12.5. The molecule has 2 aliphatic rings. The van der Waals surface area contributed by atoms with Crippen LogP contribution in [0.5, 0.6) is 0 Å². The highest BCUT2D eigenvalue weighted by Gasteiger charge is 2.33. The predicted octanol–water partition coefficient (Wildman–Crippen LogP) is 2.92. The van der Waals surface area contributed by atoms with Crippen molar-refractivity contribution in [1.82, 2.24) is 24.4 Å². The summed E-state index contributed by atoms with van der Waals surface area (Å²) < 4.78 is 29.5. The third-order valence-electron chi connectivity index (χ3n) is 6.30. The molecule has 1 saturated heterocycles. The second-order valence-corrected chi connectivity index (χ2v) is 11.5. The second-order valence-electron chi connectivity index (χ2n) is 8.61. The minimum atomic E-state index is -3.53. The molecule has 2 aromatic rings. The molecular formula is C22H31N5O3S2. The van der Waals surface area contributed by atoms with Crippen molar-refractivity contribution in [3.8, 4) is 0 Å². The number of carbonyl (C=O) groups excluding carboxylic acids is 1. The molecule has 32 heavy (non-hydrogen) atoms. The first-order valence-corrected chi connectivity index (χ1v) is 13.7. The first kappa shape index (κ1) is 23.3. The molecule has 2 heterocycles. The number of hydrogen-bond donors (Lipinski definition) is 1. The van der Waals surface area contributed by atoms with E-state index in [0.29, 0.717) is 34.9 Å². The molecule has 1 saturated carbocycles. The topological polar surface area (TPSA) is 97.2 Å². The van der Waals surface area contributed by atoms with Crippen LogP contribution < -0.4 is 5.32 Å². The molecule has 8 nitrogen and oxygen atoms in total. The zero-order valence-corrected chi connectivity index (χ0v) is 20.1. The molecule has 1 aromatic heterocycles. The van der Waals surface area contributed by atoms with Crippen molar-refractivity contribution in [3.05, 3.63) is 36.2 Å². The second kappa shape index (κ2) is 10.4. The van der Waals surface area contributed by atoms with Crippen LogP contribution in [0.3, 0.4) is 0 Å². The van der Waals surface area contributed by atoms with Gasteiger partial charge >= 0.3 is 0 Å². The molecule has 1 amide bonds. The summed E-state index contributed by atoms with van der Waals surface area (Å²) in [6, 6.07) is 8.86. The van der Waals surface area contributed by atoms with Gasteiger partial charge in [-0.1, -0.05) is 49.2 Å². The zero-order valence-electron chi connectivity index (χ0n) is 18.4. The maximum atomic E-state index is 13.0. The third-order valence-corrected chi connectivity index (χ3v) is 9.20. The lowest BCUT2D eigenvalue weighted by Crippen LogP contribution is -2.39. The van der Waals surface area contributed by atoms with E-state index < -0.39 is 10.0 Å². The van der Waals surface area contributed by atoms with Gasteiger partial charge in [-0.25, -0.2) is 8.42 Å². The molecule has 0 radical (unpaired) electrons. The lowest BCUT2D eigenvalue weighted by molar-refractivity contribution is -0.119. The molecular weight excluding hydrogens is 446 g/mol. The molecule has 10 heteroatoms. The maximum Gasteiger partial charge on any atom is 0.243 e. The van der Waals surface area contributed by atoms with Gasteiger partial charge in [-0.15, -0.1) is 10.2 Å². The van der Waals surface area contributed by atoms with Crippen molar-refractivity contribution in [3.63, 3.8) is 0 Å². The Kier molecular flexibility index (Phi) is 7.52. The van der Waals surface area contributed by atoms with Gasteiger partial charge in [0.15, 0.2) is 5.16 Å². The number of rotatable bonds is 7. The van der Waals surface area contributed by atoms with E-state index in [0.717, 1.165) is 31.5 Å². The largest absolute Gasteiger partial charge is 0.353 e. The highest BCUT2D eigenvalue weighted by atomic mass is 32.2. The number of aromatic nitrogens is 3. The van der Waals surface area contributed by atoms with Crippen LogP contribution in [-0.2, 0) is 21.9 Å². The number of nitrogens with zero attached hydrogens (tertiary/aromatic N) is 4. The Morgan fingerprint density at radius 2 is 1.84 bits per heavy atom. The minimum Gasteiger partial charge on any atom is -0.353 e. The van der Waals surface area contributed by atoms with Crippen LogP contribution in [0.4, 0.5) is 0 Å². The average Bonchev–Trinajstić information content (AvgIpc) is 3.19. The smallest absolute Gasteiger partial charge is 0.243 e. The number of nitrogens with one attached hydrogen (secondary N) is 1. The molecule has 1 atom stereocenters. The van der Waals surface area contributed by atoms with Crippen molar-refractivity contribution in [1.29, 1.82) is 0 Å². The van der Waals surface area contributed by atoms with E-state index in [1.54, 1.807) is 28.6 Å². The number of thioether (sulfide) groups is 1. The Hall–Kier alpha value is -1.91. The van der Waals surface area contributed by atoms with Crippen LogP contribution in [0.1, 0.15) is 56.7 Å². The van der Waals surface area contributed by atoms with Gasteiger partial charge in [-0.3, -0.25) is 4.79 Å². The highest BCUT2D eigenvalue weighted by molar-refractivity contribution is 7.99. The van der Waals surface area contributed by atoms with Crippen molar-refractivity contribution >= 4 is 27.7 Å². The van der Waals surface area contributed by atoms with Crippen molar-refractivity contribution in [2.45, 2.75) is 67.0 Å². The van der Waals surface area contributed by atoms with E-state index in [1.165, 1.54) is 31.0 Å². The first-order chi connectivity index (χ1) is 15.4. The Balaban J connectivity index is 1.37. The van der Waals surface area contributed by atoms with E-state index in [9.17, 15) is 13.2 Å². The van der Waals surface area contributed by atoms with Crippen molar-refractivity contribution < 1.29 is 13.2 Å². The van der Waals surface area contributed by atoms with Crippen LogP contribution in [0, 0.1) is 0 Å². The van der Waals surface area contributed by atoms with Gasteiger partial charge in [0.05, 0.1) is 10.6 Å². The van der Waals surface area contributed by atoms with E-state index >= 15 is 0 Å². The SMILES string of the molecule is Cn1c(SCC(=O)NC2CCCCC2)nnc1[C@H]1CCCN(S(=O)(=O)c2ccccc2)C1. The summed E-state index contributed by atoms with van der Waals surface area (Å²) >= 11 is 1.38. The fourth-order valence-corrected chi connectivity index (χ4v) is 6.84. The van der Waals surface area contributed by atoms with Gasteiger partial charge in [0.1, 0.15) is 5.82 Å². The monoisotopic (exact) mass is 477 g/mol. The quantitative estimate of drug-likeness (QED) is 0.616. The number of carbonyl (C=O) groups is 1. The van der Waals surface area contributed by atoms with Crippen molar-refractivity contribution in [2.75, 3.05) is 18.8 Å². The van der Waals surface area contributed by atoms with Gasteiger partial charge in [-0.05, 0) is 37.8 Å². The van der Waals surface area contributed by atoms with Gasteiger partial charge in [0, 0.05) is 32.1 Å². The Bertz CT molecular complexity index is 1020. The Morgan fingerprint density at radius 1 is 1.09 bits per heavy atom. The molecule has 1 aliphatic carbocycles. The Labute approximate surface area is 194 Å². The predicted molar refractivity (Wildman–Crippen MR) is 124 cm³/mol. The molecule has 0 spiro atoms. The molecule has 1 N–H and O–H groups in total. The van der Waals surface area contributed by atoms with Crippen molar-refractivity contribution in [2.24, 2.45) is 7.05 Å². The minimum absolute atomic E-state index is 0.0230. The summed E-state index contributed by atoms with van der Waals surface area (Å²) in [6.45, 7) is 0.893. The summed E-state index contributed by atoms with van der Waals surface area (Å²) in [7, 11) is -1.64. The fourth-order valence-electron chi connectivity index (χ4n) is 4.57. The van der Waals surface area contributed by atoms with E-state index in [2.05, 4.69) is 15.5 Å². The van der Waals surface area contributed by atoms with E-state index in [4.69, 9.17) is 0 Å². The molecule has 4 rings (SSSR count). The summed E-state index contributed by atoms with van der Waals surface area (Å²) in [5.74, 6) is 1.09. The molecule has 0 bridgehead atoms. The van der Waals surface area contributed by atoms with Gasteiger partial charge in [0.2, 0.25) is 15.9 Å². The standard InChI is InChI=1S/C22H31N5O3S2/c1-26-21(24-25-22(26)31-16-20(28)23-18-10-4-2-5-11-18)17-9-8-14-27(15-17)32(29,30)19-12-6-3-7-13-19/h3,6-7,12-13,17-18H,2,4-5,8-11,14-16H2,1H3,(H,23,28)/t17-/m0/s1. The van der Waals surface area contributed by atoms with E-state index in [1.807, 2.05) is 17.7 Å². The normalized spacial score (nSPS) is 20.8. The average molecular weight is 478 g/mol. The van der Waals surface area contributed by atoms with Crippen LogP contribution in [0.15, 0.2) is 40.4 Å². The van der Waals surface area contributed by atoms with Crippen LogP contribution in [-0.4, -0.2) is 58.3 Å². The highest BCUT2D eigenvalue weighted by Crippen LogP contribution is 2.30. The van der Waals surface area contributed by atoms with E-state index in [-0.39, 0.29) is 11.8 Å². The third kappa shape index (κ3) is 5.35. The van der Waals surface area contributed by atoms with Crippen LogP contribution >= 0.6 is 11.8 Å². The van der Waals surface area contributed by atoms with Gasteiger partial charge in [0.25, 0.3) is 0 Å². The number of piperidine rings is 1. The lowest BCUT2D eigenvalue weighted by Gasteiger charge is -2.31. The Morgan fingerprint density at radius 3 is 2.59 bits per heavy atom. The lowest BCUT2D eigenvalue weighted by atomic mass is 9.95. The fraction of sp³-hybridized carbons (Fsp3) is 0.591. The number of benzene rings is 1. The number of amides is 1. The zero-order chi connectivity index (χ0) is 22.6. The van der Waals surface area contributed by atoms with Gasteiger partial charge < -0.3 is 9.88 Å². The first-order valence-electron chi connectivity index (χ1n) is 11.3. The molecule has 1 aliphatic heterocycles. The molecule has 174 valence electrons. The van der Waals surface area contributed by atoms with Crippen LogP contribution in [0.25, 0.3) is 0 Å². The number of hydrogen-bond acceptors (Lipinski definition) is 6. The maximum absolute atomic E-state index is 13.0. The molecule has 2 fully saturated rings. The summed E-state index contributed by atoms with van der Waals surface area (Å²) in [5.41, 5.74) is 0. The number of sulfonamides is 1. The molecule has 0 unspecified atom stereocenters.